The van der Waals surface area contributed by atoms with Gasteiger partial charge in [-0.05, 0) is 75.5 Å². The number of anilines is 1. The van der Waals surface area contributed by atoms with E-state index in [9.17, 15) is 13.2 Å². The van der Waals surface area contributed by atoms with Crippen LogP contribution in [0.5, 0.6) is 5.75 Å². The largest absolute Gasteiger partial charge is 0.497 e. The fraction of sp³-hybridized carbons (Fsp3) is 0.381. The van der Waals surface area contributed by atoms with Crippen LogP contribution in [0.15, 0.2) is 53.4 Å². The highest BCUT2D eigenvalue weighted by molar-refractivity contribution is 7.92. The maximum atomic E-state index is 12.8. The van der Waals surface area contributed by atoms with Gasteiger partial charge in [0.15, 0.2) is 0 Å². The topological polar surface area (TPSA) is 78.9 Å². The first-order valence-electron chi connectivity index (χ1n) is 9.53. The molecule has 156 valence electrons. The molecular formula is C21H27N3O4S. The summed E-state index contributed by atoms with van der Waals surface area (Å²) in [5, 5.41) is 0. The average molecular weight is 418 g/mol. The molecule has 0 radical (unpaired) electrons. The van der Waals surface area contributed by atoms with Gasteiger partial charge in [0.1, 0.15) is 5.75 Å². The molecule has 1 aliphatic heterocycles. The third-order valence-electron chi connectivity index (χ3n) is 5.17. The van der Waals surface area contributed by atoms with E-state index < -0.39 is 10.0 Å². The van der Waals surface area contributed by atoms with Gasteiger partial charge in [0, 0.05) is 30.4 Å². The minimum absolute atomic E-state index is 0.0661. The Morgan fingerprint density at radius 2 is 1.76 bits per heavy atom. The van der Waals surface area contributed by atoms with Gasteiger partial charge in [-0.2, -0.15) is 0 Å². The average Bonchev–Trinajstić information content (AvgIpc) is 2.73. The van der Waals surface area contributed by atoms with Crippen LogP contribution in [0, 0.1) is 0 Å². The van der Waals surface area contributed by atoms with Gasteiger partial charge in [-0.25, -0.2) is 8.42 Å². The van der Waals surface area contributed by atoms with Crippen molar-refractivity contribution in [3.05, 3.63) is 54.1 Å². The molecule has 0 bridgehead atoms. The van der Waals surface area contributed by atoms with Crippen LogP contribution in [0.25, 0.3) is 0 Å². The van der Waals surface area contributed by atoms with Crippen LogP contribution >= 0.6 is 0 Å². The summed E-state index contributed by atoms with van der Waals surface area (Å²) in [6.45, 7) is 1.41. The number of methoxy groups -OCH3 is 1. The summed E-state index contributed by atoms with van der Waals surface area (Å²) >= 11 is 0. The molecule has 1 heterocycles. The summed E-state index contributed by atoms with van der Waals surface area (Å²) in [5.74, 6) is 0.577. The highest BCUT2D eigenvalue weighted by atomic mass is 32.2. The fourth-order valence-corrected chi connectivity index (χ4v) is 4.45. The lowest BCUT2D eigenvalue weighted by Crippen LogP contribution is -2.47. The highest BCUT2D eigenvalue weighted by Gasteiger charge is 2.26. The van der Waals surface area contributed by atoms with Crippen molar-refractivity contribution in [3.8, 4) is 5.75 Å². The molecule has 0 aromatic heterocycles. The van der Waals surface area contributed by atoms with E-state index in [-0.39, 0.29) is 10.8 Å². The number of hydrogen-bond donors (Lipinski definition) is 1. The molecule has 2 aromatic carbocycles. The zero-order valence-electron chi connectivity index (χ0n) is 17.0. The second-order valence-electron chi connectivity index (χ2n) is 7.37. The monoisotopic (exact) mass is 417 g/mol. The molecule has 1 N–H and O–H groups in total. The molecule has 1 saturated heterocycles. The molecule has 8 heteroatoms. The Kier molecular flexibility index (Phi) is 6.44. The highest BCUT2D eigenvalue weighted by Crippen LogP contribution is 2.21. The van der Waals surface area contributed by atoms with Crippen LogP contribution < -0.4 is 9.46 Å². The zero-order chi connectivity index (χ0) is 21.0. The van der Waals surface area contributed by atoms with Crippen molar-refractivity contribution in [3.63, 3.8) is 0 Å². The van der Waals surface area contributed by atoms with Crippen LogP contribution in [0.1, 0.15) is 23.2 Å². The Morgan fingerprint density at radius 1 is 1.10 bits per heavy atom. The van der Waals surface area contributed by atoms with Crippen molar-refractivity contribution in [1.29, 1.82) is 0 Å². The number of likely N-dealkylation sites (N-methyl/N-ethyl adjacent to an activating group) is 1. The molecule has 0 saturated carbocycles. The maximum Gasteiger partial charge on any atom is 0.261 e. The molecule has 1 aliphatic rings. The summed E-state index contributed by atoms with van der Waals surface area (Å²) < 4.78 is 32.8. The number of benzene rings is 2. The van der Waals surface area contributed by atoms with Gasteiger partial charge < -0.3 is 14.5 Å². The van der Waals surface area contributed by atoms with Gasteiger partial charge >= 0.3 is 0 Å². The first-order chi connectivity index (χ1) is 13.8. The number of piperidine rings is 1. The summed E-state index contributed by atoms with van der Waals surface area (Å²) in [5.41, 5.74) is 0.932. The molecule has 0 aliphatic carbocycles. The molecule has 1 amide bonds. The number of ether oxygens (including phenoxy) is 1. The number of nitrogens with one attached hydrogen (secondary N) is 1. The Labute approximate surface area is 172 Å². The quantitative estimate of drug-likeness (QED) is 0.782. The molecular weight excluding hydrogens is 390 g/mol. The first kappa shape index (κ1) is 21.1. The van der Waals surface area contributed by atoms with E-state index in [0.29, 0.717) is 29.6 Å². The van der Waals surface area contributed by atoms with Crippen LogP contribution in [0.4, 0.5) is 5.69 Å². The lowest BCUT2D eigenvalue weighted by Gasteiger charge is -2.36. The van der Waals surface area contributed by atoms with Crippen LogP contribution in [-0.2, 0) is 10.0 Å². The Bertz CT molecular complexity index is 941. The van der Waals surface area contributed by atoms with E-state index in [1.165, 1.54) is 12.1 Å². The number of carbonyl (C=O) groups excluding carboxylic acids is 1. The van der Waals surface area contributed by atoms with E-state index in [0.717, 1.165) is 19.4 Å². The number of sulfonamides is 1. The Balaban J connectivity index is 1.70. The summed E-state index contributed by atoms with van der Waals surface area (Å²) in [6.07, 6.45) is 2.04. The molecule has 3 rings (SSSR count). The van der Waals surface area contributed by atoms with E-state index in [4.69, 9.17) is 4.74 Å². The van der Waals surface area contributed by atoms with Crippen molar-refractivity contribution < 1.29 is 17.9 Å². The van der Waals surface area contributed by atoms with E-state index >= 15 is 0 Å². The summed E-state index contributed by atoms with van der Waals surface area (Å²) in [4.78, 5) is 16.9. The third kappa shape index (κ3) is 5.07. The molecule has 29 heavy (non-hydrogen) atoms. The van der Waals surface area contributed by atoms with Crippen LogP contribution in [-0.4, -0.2) is 64.5 Å². The second kappa shape index (κ2) is 8.84. The first-order valence-corrected chi connectivity index (χ1v) is 11.0. The van der Waals surface area contributed by atoms with Crippen molar-refractivity contribution in [2.45, 2.75) is 23.8 Å². The second-order valence-corrected chi connectivity index (χ2v) is 9.05. The Hall–Kier alpha value is -2.58. The fourth-order valence-electron chi connectivity index (χ4n) is 3.39. The number of likely N-dealkylation sites (tertiary alicyclic amines) is 1. The van der Waals surface area contributed by atoms with Gasteiger partial charge in [0.25, 0.3) is 15.9 Å². The molecule has 7 nitrogen and oxygen atoms in total. The van der Waals surface area contributed by atoms with Gasteiger partial charge in [-0.15, -0.1) is 0 Å². The number of carbonyl (C=O) groups is 1. The van der Waals surface area contributed by atoms with Gasteiger partial charge in [0.05, 0.1) is 12.0 Å². The van der Waals surface area contributed by atoms with Gasteiger partial charge in [-0.3, -0.25) is 9.52 Å². The molecule has 0 spiro atoms. The van der Waals surface area contributed by atoms with Crippen molar-refractivity contribution >= 4 is 21.6 Å². The predicted octanol–water partition coefficient (Wildman–Crippen LogP) is 2.66. The van der Waals surface area contributed by atoms with E-state index in [1.807, 2.05) is 19.0 Å². The molecule has 1 atom stereocenters. The minimum atomic E-state index is -3.74. The van der Waals surface area contributed by atoms with E-state index in [1.54, 1.807) is 43.5 Å². The van der Waals surface area contributed by atoms with Crippen LogP contribution in [0.2, 0.25) is 0 Å². The van der Waals surface area contributed by atoms with Crippen LogP contribution in [0.3, 0.4) is 0 Å². The number of hydrogen-bond acceptors (Lipinski definition) is 5. The predicted molar refractivity (Wildman–Crippen MR) is 113 cm³/mol. The SMILES string of the molecule is COc1ccc(NS(=O)(=O)c2ccc(C(=O)N3CCCC(N(C)C)C3)cc2)cc1. The third-order valence-corrected chi connectivity index (χ3v) is 6.57. The lowest BCUT2D eigenvalue weighted by molar-refractivity contribution is 0.0635. The molecule has 1 unspecified atom stereocenters. The minimum Gasteiger partial charge on any atom is -0.497 e. The van der Waals surface area contributed by atoms with E-state index in [2.05, 4.69) is 9.62 Å². The normalized spacial score (nSPS) is 17.2. The number of amides is 1. The summed E-state index contributed by atoms with van der Waals surface area (Å²) in [6, 6.07) is 13.0. The Morgan fingerprint density at radius 3 is 2.34 bits per heavy atom. The van der Waals surface area contributed by atoms with Crippen molar-refractivity contribution in [2.75, 3.05) is 39.0 Å². The smallest absolute Gasteiger partial charge is 0.261 e. The maximum absolute atomic E-state index is 12.8. The zero-order valence-corrected chi connectivity index (χ0v) is 17.8. The summed E-state index contributed by atoms with van der Waals surface area (Å²) in [7, 11) is 1.85. The number of rotatable bonds is 6. The standard InChI is InChI=1S/C21H27N3O4S/c1-23(2)18-5-4-14-24(15-18)21(25)16-6-12-20(13-7-16)29(26,27)22-17-8-10-19(28-3)11-9-17/h6-13,18,22H,4-5,14-15H2,1-3H3. The van der Waals surface area contributed by atoms with Crippen molar-refractivity contribution in [2.24, 2.45) is 0 Å². The van der Waals surface area contributed by atoms with Gasteiger partial charge in [0.2, 0.25) is 0 Å². The van der Waals surface area contributed by atoms with Gasteiger partial charge in [-0.1, -0.05) is 0 Å². The number of nitrogens with zero attached hydrogens (tertiary/aromatic N) is 2. The van der Waals surface area contributed by atoms with Crippen molar-refractivity contribution in [1.82, 2.24) is 9.80 Å². The molecule has 2 aromatic rings. The lowest BCUT2D eigenvalue weighted by atomic mass is 10.0. The molecule has 1 fully saturated rings.